The topological polar surface area (TPSA) is 105 Å². The van der Waals surface area contributed by atoms with E-state index in [1.807, 2.05) is 13.0 Å². The van der Waals surface area contributed by atoms with Crippen molar-refractivity contribution >= 4 is 34.6 Å². The molecule has 28 heavy (non-hydrogen) atoms. The van der Waals surface area contributed by atoms with Gasteiger partial charge >= 0.3 is 0 Å². The summed E-state index contributed by atoms with van der Waals surface area (Å²) in [5, 5.41) is 19.5. The third-order valence-corrected chi connectivity index (χ3v) is 5.11. The van der Waals surface area contributed by atoms with Crippen LogP contribution in [0.1, 0.15) is 34.9 Å². The number of methoxy groups -OCH3 is 2. The van der Waals surface area contributed by atoms with Crippen molar-refractivity contribution in [1.82, 2.24) is 4.98 Å². The van der Waals surface area contributed by atoms with E-state index in [0.29, 0.717) is 50.0 Å². The van der Waals surface area contributed by atoms with Crippen molar-refractivity contribution in [3.8, 4) is 23.6 Å². The van der Waals surface area contributed by atoms with Crippen LogP contribution in [0.4, 0.5) is 5.82 Å². The minimum Gasteiger partial charge on any atom is -0.493 e. The monoisotopic (exact) mass is 392 g/mol. The lowest BCUT2D eigenvalue weighted by molar-refractivity contribution is 0.355. The molecule has 0 bridgehead atoms. The van der Waals surface area contributed by atoms with Crippen LogP contribution >= 0.6 is 11.6 Å². The summed E-state index contributed by atoms with van der Waals surface area (Å²) in [5.41, 5.74) is 10.7. The molecule has 3 rings (SSSR count). The Hall–Kier alpha value is -3.48. The molecule has 0 amide bonds. The second kappa shape index (κ2) is 7.26. The first kappa shape index (κ1) is 19.3. The fraction of sp³-hybridized carbons (Fsp3) is 0.190. The molecule has 1 aliphatic rings. The number of nitriles is 2. The Morgan fingerprint density at radius 3 is 2.32 bits per heavy atom. The van der Waals surface area contributed by atoms with E-state index >= 15 is 0 Å². The maximum atomic E-state index is 9.64. The molecule has 1 aromatic carbocycles. The Kier molecular flexibility index (Phi) is 5.00. The second-order valence-electron chi connectivity index (χ2n) is 6.23. The summed E-state index contributed by atoms with van der Waals surface area (Å²) in [6.45, 7) is 3.63. The molecular formula is C21H17ClN4O2. The lowest BCUT2D eigenvalue weighted by atomic mass is 9.95. The fourth-order valence-corrected chi connectivity index (χ4v) is 3.54. The van der Waals surface area contributed by atoms with E-state index in [1.54, 1.807) is 26.2 Å². The van der Waals surface area contributed by atoms with Gasteiger partial charge in [-0.15, -0.1) is 0 Å². The fourth-order valence-electron chi connectivity index (χ4n) is 3.33. The van der Waals surface area contributed by atoms with Gasteiger partial charge in [0.1, 0.15) is 18.0 Å². The van der Waals surface area contributed by atoms with Gasteiger partial charge in [-0.2, -0.15) is 10.5 Å². The van der Waals surface area contributed by atoms with E-state index in [4.69, 9.17) is 26.8 Å². The van der Waals surface area contributed by atoms with Crippen LogP contribution in [0.2, 0.25) is 5.02 Å². The van der Waals surface area contributed by atoms with E-state index in [1.165, 1.54) is 7.11 Å². The average molecular weight is 393 g/mol. The smallest absolute Gasteiger partial charge is 0.162 e. The molecule has 2 N–H and O–H groups in total. The van der Waals surface area contributed by atoms with Gasteiger partial charge in [-0.05, 0) is 48.3 Å². The van der Waals surface area contributed by atoms with Crippen molar-refractivity contribution in [3.63, 3.8) is 0 Å². The number of aromatic nitrogens is 1. The Balaban J connectivity index is 2.32. The number of benzene rings is 1. The van der Waals surface area contributed by atoms with Crippen LogP contribution in [-0.4, -0.2) is 19.2 Å². The first-order valence-corrected chi connectivity index (χ1v) is 8.71. The van der Waals surface area contributed by atoms with E-state index in [2.05, 4.69) is 17.1 Å². The molecule has 1 heterocycles. The minimum absolute atomic E-state index is 0.115. The summed E-state index contributed by atoms with van der Waals surface area (Å²) in [7, 11) is 3.08. The molecule has 0 saturated carbocycles. The van der Waals surface area contributed by atoms with Crippen LogP contribution in [0.3, 0.4) is 0 Å². The molecular weight excluding hydrogens is 376 g/mol. The van der Waals surface area contributed by atoms with Crippen LogP contribution in [-0.2, 0) is 0 Å². The number of allylic oxidation sites excluding steroid dienone is 3. The van der Waals surface area contributed by atoms with Crippen molar-refractivity contribution in [2.45, 2.75) is 13.8 Å². The zero-order valence-electron chi connectivity index (χ0n) is 15.8. The molecule has 0 unspecified atom stereocenters. The normalized spacial score (nSPS) is 13.9. The zero-order valence-corrected chi connectivity index (χ0v) is 16.6. The van der Waals surface area contributed by atoms with Gasteiger partial charge in [-0.3, -0.25) is 0 Å². The minimum atomic E-state index is 0.115. The van der Waals surface area contributed by atoms with Crippen molar-refractivity contribution in [2.24, 2.45) is 0 Å². The second-order valence-corrected chi connectivity index (χ2v) is 6.64. The number of nitrogen functional groups attached to an aromatic ring is 1. The zero-order chi connectivity index (χ0) is 20.6. The first-order valence-electron chi connectivity index (χ1n) is 8.33. The summed E-state index contributed by atoms with van der Waals surface area (Å²) in [4.78, 5) is 4.32. The quantitative estimate of drug-likeness (QED) is 0.831. The van der Waals surface area contributed by atoms with Crippen LogP contribution in [0.25, 0.3) is 17.2 Å². The van der Waals surface area contributed by atoms with Gasteiger partial charge in [-0.25, -0.2) is 4.98 Å². The van der Waals surface area contributed by atoms with E-state index < -0.39 is 0 Å². The molecule has 7 heteroatoms. The van der Waals surface area contributed by atoms with Crippen LogP contribution in [0, 0.1) is 29.6 Å². The number of pyridine rings is 1. The largest absolute Gasteiger partial charge is 0.493 e. The molecule has 6 nitrogen and oxygen atoms in total. The lowest BCUT2D eigenvalue weighted by Crippen LogP contribution is -2.03. The van der Waals surface area contributed by atoms with Crippen molar-refractivity contribution in [3.05, 3.63) is 50.7 Å². The summed E-state index contributed by atoms with van der Waals surface area (Å²) in [6.07, 6.45) is 1.86. The molecule has 0 radical (unpaired) electrons. The Bertz CT molecular complexity index is 1150. The number of nitrogens with zero attached hydrogens (tertiary/aromatic N) is 3. The molecule has 0 saturated heterocycles. The van der Waals surface area contributed by atoms with Crippen LogP contribution in [0.15, 0.2) is 17.7 Å². The van der Waals surface area contributed by atoms with Crippen molar-refractivity contribution < 1.29 is 9.47 Å². The highest BCUT2D eigenvalue weighted by molar-refractivity contribution is 6.32. The summed E-state index contributed by atoms with van der Waals surface area (Å²) >= 11 is 6.43. The summed E-state index contributed by atoms with van der Waals surface area (Å²) in [6, 6.07) is 7.71. The third kappa shape index (κ3) is 2.85. The predicted molar refractivity (Wildman–Crippen MR) is 109 cm³/mol. The maximum Gasteiger partial charge on any atom is 0.162 e. The lowest BCUT2D eigenvalue weighted by Gasteiger charge is -2.13. The number of ether oxygens (including phenoxy) is 2. The number of rotatable bonds is 3. The average Bonchev–Trinajstić information content (AvgIpc) is 2.94. The number of fused-ring (bicyclic) bond motifs is 1. The van der Waals surface area contributed by atoms with Crippen molar-refractivity contribution in [1.29, 1.82) is 10.5 Å². The molecule has 1 aliphatic carbocycles. The van der Waals surface area contributed by atoms with Crippen LogP contribution < -0.4 is 15.2 Å². The van der Waals surface area contributed by atoms with Gasteiger partial charge in [0.05, 0.1) is 36.1 Å². The van der Waals surface area contributed by atoms with Crippen molar-refractivity contribution in [2.75, 3.05) is 20.0 Å². The van der Waals surface area contributed by atoms with E-state index in [9.17, 15) is 10.5 Å². The van der Waals surface area contributed by atoms with Gasteiger partial charge in [0.25, 0.3) is 0 Å². The predicted octanol–water partition coefficient (Wildman–Crippen LogP) is 4.37. The number of nitrogens with two attached hydrogens (primary N) is 1. The Labute approximate surface area is 168 Å². The molecule has 1 aromatic heterocycles. The van der Waals surface area contributed by atoms with Gasteiger partial charge in [-0.1, -0.05) is 11.6 Å². The highest BCUT2D eigenvalue weighted by atomic mass is 35.5. The van der Waals surface area contributed by atoms with E-state index in [-0.39, 0.29) is 5.82 Å². The number of hydrogen-bond donors (Lipinski definition) is 1. The molecule has 2 aromatic rings. The molecule has 0 atom stereocenters. The SMILES string of the molecule is COc1cc(Cl)c(C=C2C(C)=C(C#N)c3nc(N)c(C#N)c(C)c32)cc1OC. The highest BCUT2D eigenvalue weighted by Gasteiger charge is 2.29. The summed E-state index contributed by atoms with van der Waals surface area (Å²) in [5.74, 6) is 1.16. The van der Waals surface area contributed by atoms with E-state index in [0.717, 1.165) is 11.1 Å². The standard InChI is InChI=1S/C21H17ClN4O2/c1-10-13(5-12-6-17(27-3)18(28-4)7-16(12)22)19-11(2)15(9-24)21(25)26-20(19)14(10)8-23/h5-7H,1-4H3,(H2,25,26). The summed E-state index contributed by atoms with van der Waals surface area (Å²) < 4.78 is 10.6. The van der Waals surface area contributed by atoms with Gasteiger partial charge in [0, 0.05) is 11.6 Å². The van der Waals surface area contributed by atoms with Gasteiger partial charge in [0.15, 0.2) is 11.5 Å². The Morgan fingerprint density at radius 2 is 1.75 bits per heavy atom. The number of hydrogen-bond acceptors (Lipinski definition) is 6. The van der Waals surface area contributed by atoms with Gasteiger partial charge in [0.2, 0.25) is 0 Å². The first-order chi connectivity index (χ1) is 13.4. The highest BCUT2D eigenvalue weighted by Crippen LogP contribution is 2.45. The molecule has 0 spiro atoms. The molecule has 0 aliphatic heterocycles. The molecule has 0 fully saturated rings. The third-order valence-electron chi connectivity index (χ3n) is 4.79. The number of halogens is 1. The Morgan fingerprint density at radius 1 is 1.11 bits per heavy atom. The van der Waals surface area contributed by atoms with Crippen LogP contribution in [0.5, 0.6) is 11.5 Å². The van der Waals surface area contributed by atoms with Gasteiger partial charge < -0.3 is 15.2 Å². The number of anilines is 1. The molecule has 140 valence electrons. The maximum absolute atomic E-state index is 9.64.